The number of rotatable bonds is 1. The standard InChI is InChI=1S/C17H16N2O2/c1-12-15-10-6-5-9-14(15)11-18(12)17(20)19-16(21-19)13-7-3-2-4-8-13/h2-10,12,16H,11H2,1H3. The highest BCUT2D eigenvalue weighted by Gasteiger charge is 2.47. The van der Waals surface area contributed by atoms with E-state index in [1.54, 1.807) is 0 Å². The Hall–Kier alpha value is -2.33. The van der Waals surface area contributed by atoms with Crippen LogP contribution in [0.25, 0.3) is 0 Å². The Labute approximate surface area is 123 Å². The van der Waals surface area contributed by atoms with Gasteiger partial charge >= 0.3 is 6.03 Å². The normalized spacial score (nSPS) is 23.1. The first-order chi connectivity index (χ1) is 10.3. The van der Waals surface area contributed by atoms with Crippen molar-refractivity contribution >= 4 is 6.03 Å². The molecule has 0 saturated carbocycles. The molecule has 2 unspecified atom stereocenters. The second-order valence-corrected chi connectivity index (χ2v) is 5.48. The summed E-state index contributed by atoms with van der Waals surface area (Å²) in [4.78, 5) is 19.9. The highest BCUT2D eigenvalue weighted by molar-refractivity contribution is 5.76. The van der Waals surface area contributed by atoms with Crippen LogP contribution < -0.4 is 0 Å². The van der Waals surface area contributed by atoms with E-state index in [1.807, 2.05) is 47.4 Å². The Morgan fingerprint density at radius 1 is 1.10 bits per heavy atom. The predicted molar refractivity (Wildman–Crippen MR) is 77.9 cm³/mol. The Bertz CT molecular complexity index is 686. The lowest BCUT2D eigenvalue weighted by Gasteiger charge is -2.21. The predicted octanol–water partition coefficient (Wildman–Crippen LogP) is 3.63. The fourth-order valence-electron chi connectivity index (χ4n) is 2.97. The molecule has 4 rings (SSSR count). The van der Waals surface area contributed by atoms with E-state index in [-0.39, 0.29) is 18.3 Å². The molecule has 4 nitrogen and oxygen atoms in total. The summed E-state index contributed by atoms with van der Waals surface area (Å²) >= 11 is 0. The number of benzene rings is 2. The van der Waals surface area contributed by atoms with Gasteiger partial charge in [0.05, 0.1) is 6.04 Å². The second kappa shape index (κ2) is 4.60. The lowest BCUT2D eigenvalue weighted by molar-refractivity contribution is 0.127. The quantitative estimate of drug-likeness (QED) is 0.748. The highest BCUT2D eigenvalue weighted by atomic mass is 16.8. The molecule has 1 saturated heterocycles. The van der Waals surface area contributed by atoms with Crippen LogP contribution in [0.3, 0.4) is 0 Å². The van der Waals surface area contributed by atoms with Gasteiger partial charge in [0.1, 0.15) is 0 Å². The lowest BCUT2D eigenvalue weighted by atomic mass is 10.1. The van der Waals surface area contributed by atoms with Gasteiger partial charge in [-0.2, -0.15) is 5.06 Å². The number of carbonyl (C=O) groups is 1. The maximum atomic E-state index is 12.6. The van der Waals surface area contributed by atoms with Crippen LogP contribution in [0.4, 0.5) is 4.79 Å². The SMILES string of the molecule is CC1c2ccccc2CN1C(=O)N1OC1c1ccccc1. The monoisotopic (exact) mass is 280 g/mol. The zero-order valence-corrected chi connectivity index (χ0v) is 11.8. The van der Waals surface area contributed by atoms with Gasteiger partial charge in [-0.25, -0.2) is 9.63 Å². The van der Waals surface area contributed by atoms with Gasteiger partial charge in [0.15, 0.2) is 0 Å². The highest BCUT2D eigenvalue weighted by Crippen LogP contribution is 2.41. The van der Waals surface area contributed by atoms with Crippen LogP contribution in [0.5, 0.6) is 0 Å². The van der Waals surface area contributed by atoms with Crippen molar-refractivity contribution in [1.29, 1.82) is 0 Å². The molecule has 2 aromatic rings. The Balaban J connectivity index is 1.51. The Morgan fingerprint density at radius 3 is 2.57 bits per heavy atom. The number of carbonyl (C=O) groups excluding carboxylic acids is 1. The summed E-state index contributed by atoms with van der Waals surface area (Å²) in [6.45, 7) is 2.71. The third kappa shape index (κ3) is 1.99. The van der Waals surface area contributed by atoms with E-state index in [9.17, 15) is 4.79 Å². The first-order valence-electron chi connectivity index (χ1n) is 7.15. The smallest absolute Gasteiger partial charge is 0.312 e. The number of hydrogen-bond donors (Lipinski definition) is 0. The molecular formula is C17H16N2O2. The molecule has 0 N–H and O–H groups in total. The largest absolute Gasteiger partial charge is 0.347 e. The van der Waals surface area contributed by atoms with E-state index in [0.29, 0.717) is 6.54 Å². The molecule has 2 aromatic carbocycles. The van der Waals surface area contributed by atoms with Crippen molar-refractivity contribution in [3.8, 4) is 0 Å². The molecular weight excluding hydrogens is 264 g/mol. The first-order valence-corrected chi connectivity index (χ1v) is 7.15. The minimum absolute atomic E-state index is 0.0625. The van der Waals surface area contributed by atoms with E-state index in [1.165, 1.54) is 16.2 Å². The number of hydroxylamine groups is 2. The summed E-state index contributed by atoms with van der Waals surface area (Å²) in [5.74, 6) is 0. The lowest BCUT2D eigenvalue weighted by Crippen LogP contribution is -2.32. The van der Waals surface area contributed by atoms with Crippen molar-refractivity contribution in [1.82, 2.24) is 9.96 Å². The summed E-state index contributed by atoms with van der Waals surface area (Å²) < 4.78 is 0. The van der Waals surface area contributed by atoms with Crippen LogP contribution in [0.15, 0.2) is 54.6 Å². The summed E-state index contributed by atoms with van der Waals surface area (Å²) in [6, 6.07) is 18.0. The maximum Gasteiger partial charge on any atom is 0.347 e. The third-order valence-electron chi connectivity index (χ3n) is 4.21. The Morgan fingerprint density at radius 2 is 1.81 bits per heavy atom. The molecule has 2 heterocycles. The van der Waals surface area contributed by atoms with Gasteiger partial charge in [0.25, 0.3) is 0 Å². The maximum absolute atomic E-state index is 12.6. The van der Waals surface area contributed by atoms with E-state index in [4.69, 9.17) is 4.84 Å². The van der Waals surface area contributed by atoms with Gasteiger partial charge in [-0.05, 0) is 18.1 Å². The average molecular weight is 280 g/mol. The molecule has 4 heteroatoms. The minimum atomic E-state index is -0.241. The van der Waals surface area contributed by atoms with Gasteiger partial charge in [0.2, 0.25) is 6.23 Å². The second-order valence-electron chi connectivity index (χ2n) is 5.48. The van der Waals surface area contributed by atoms with E-state index in [2.05, 4.69) is 19.1 Å². The zero-order valence-electron chi connectivity index (χ0n) is 11.8. The van der Waals surface area contributed by atoms with E-state index >= 15 is 0 Å². The number of urea groups is 1. The van der Waals surface area contributed by atoms with Gasteiger partial charge < -0.3 is 4.90 Å². The fraction of sp³-hybridized carbons (Fsp3) is 0.235. The first kappa shape index (κ1) is 12.4. The summed E-state index contributed by atoms with van der Waals surface area (Å²) in [5.41, 5.74) is 3.45. The number of hydrogen-bond acceptors (Lipinski definition) is 2. The van der Waals surface area contributed by atoms with Gasteiger partial charge in [-0.1, -0.05) is 54.6 Å². The summed E-state index contributed by atoms with van der Waals surface area (Å²) in [5, 5.41) is 1.46. The minimum Gasteiger partial charge on any atom is -0.312 e. The number of nitrogens with zero attached hydrogens (tertiary/aromatic N) is 2. The van der Waals surface area contributed by atoms with Gasteiger partial charge in [-0.3, -0.25) is 0 Å². The van der Waals surface area contributed by atoms with Crippen LogP contribution in [-0.2, 0) is 11.4 Å². The molecule has 0 bridgehead atoms. The molecule has 2 atom stereocenters. The van der Waals surface area contributed by atoms with Crippen LogP contribution in [-0.4, -0.2) is 16.0 Å². The van der Waals surface area contributed by atoms with Crippen LogP contribution in [0, 0.1) is 0 Å². The van der Waals surface area contributed by atoms with Crippen molar-refractivity contribution < 1.29 is 9.63 Å². The van der Waals surface area contributed by atoms with Crippen molar-refractivity contribution in [2.75, 3.05) is 0 Å². The fourth-order valence-corrected chi connectivity index (χ4v) is 2.97. The third-order valence-corrected chi connectivity index (χ3v) is 4.21. The molecule has 0 radical (unpaired) electrons. The summed E-state index contributed by atoms with van der Waals surface area (Å²) in [6.07, 6.45) is -0.241. The molecule has 21 heavy (non-hydrogen) atoms. The molecule has 0 aliphatic carbocycles. The molecule has 0 spiro atoms. The van der Waals surface area contributed by atoms with Crippen molar-refractivity contribution in [2.45, 2.75) is 25.7 Å². The molecule has 1 fully saturated rings. The zero-order chi connectivity index (χ0) is 14.4. The molecule has 0 aromatic heterocycles. The van der Waals surface area contributed by atoms with E-state index < -0.39 is 0 Å². The topological polar surface area (TPSA) is 35.9 Å². The van der Waals surface area contributed by atoms with Crippen molar-refractivity contribution in [3.05, 3.63) is 71.3 Å². The summed E-state index contributed by atoms with van der Waals surface area (Å²) in [7, 11) is 0. The van der Waals surface area contributed by atoms with Gasteiger partial charge in [-0.15, -0.1) is 0 Å². The van der Waals surface area contributed by atoms with Crippen molar-refractivity contribution in [3.63, 3.8) is 0 Å². The molecule has 2 aliphatic rings. The number of amides is 2. The van der Waals surface area contributed by atoms with Crippen LogP contribution in [0.1, 0.15) is 35.9 Å². The van der Waals surface area contributed by atoms with Crippen molar-refractivity contribution in [2.24, 2.45) is 0 Å². The average Bonchev–Trinajstić information content (AvgIpc) is 3.27. The Kier molecular flexibility index (Phi) is 2.72. The molecule has 2 amide bonds. The van der Waals surface area contributed by atoms with E-state index in [0.717, 1.165) is 5.56 Å². The number of fused-ring (bicyclic) bond motifs is 1. The van der Waals surface area contributed by atoms with Gasteiger partial charge in [0, 0.05) is 12.1 Å². The van der Waals surface area contributed by atoms with Crippen LogP contribution >= 0.6 is 0 Å². The van der Waals surface area contributed by atoms with Crippen LogP contribution in [0.2, 0.25) is 0 Å². The molecule has 2 aliphatic heterocycles. The molecule has 106 valence electrons.